The second-order valence-electron chi connectivity index (χ2n) is 10.4. The molecule has 2 aromatic rings. The molecule has 178 valence electrons. The molecule has 1 fully saturated rings. The first-order chi connectivity index (χ1) is 15.6. The maximum Gasteiger partial charge on any atom is 0.410 e. The summed E-state index contributed by atoms with van der Waals surface area (Å²) in [7, 11) is 0. The molecule has 6 heteroatoms. The van der Waals surface area contributed by atoms with E-state index in [0.29, 0.717) is 31.1 Å². The molecule has 1 aliphatic carbocycles. The molecule has 1 N–H and O–H groups in total. The zero-order valence-corrected chi connectivity index (χ0v) is 20.6. The number of ether oxygens (including phenoxy) is 1. The molecule has 4 rings (SSSR count). The van der Waals surface area contributed by atoms with E-state index < -0.39 is 11.3 Å². The molecule has 1 aliphatic heterocycles. The van der Waals surface area contributed by atoms with Crippen molar-refractivity contribution in [1.29, 1.82) is 0 Å². The van der Waals surface area contributed by atoms with Gasteiger partial charge in [-0.1, -0.05) is 35.9 Å². The maximum absolute atomic E-state index is 15.1. The van der Waals surface area contributed by atoms with E-state index in [-0.39, 0.29) is 12.0 Å². The zero-order chi connectivity index (χ0) is 23.6. The Bertz CT molecular complexity index is 1010. The highest BCUT2D eigenvalue weighted by Gasteiger charge is 2.47. The van der Waals surface area contributed by atoms with Gasteiger partial charge in [0.25, 0.3) is 0 Å². The molecule has 33 heavy (non-hydrogen) atoms. The number of hydrogen-bond donors (Lipinski definition) is 1. The van der Waals surface area contributed by atoms with Gasteiger partial charge in [0, 0.05) is 36.3 Å². The average Bonchev–Trinajstić information content (AvgIpc) is 3.14. The number of carbonyl (C=O) groups is 1. The number of hydrogen-bond acceptors (Lipinski definition) is 3. The number of rotatable bonds is 6. The number of halogens is 2. The molecular formula is C27H34ClFN2O2. The number of fused-ring (bicyclic) bond motifs is 3. The van der Waals surface area contributed by atoms with Gasteiger partial charge >= 0.3 is 6.09 Å². The highest BCUT2D eigenvalue weighted by atomic mass is 35.5. The molecule has 2 atom stereocenters. The number of aryl methyl sites for hydroxylation is 1. The smallest absolute Gasteiger partial charge is 0.410 e. The second-order valence-corrected chi connectivity index (χ2v) is 10.8. The first-order valence-corrected chi connectivity index (χ1v) is 12.3. The van der Waals surface area contributed by atoms with Crippen LogP contribution in [0.15, 0.2) is 42.5 Å². The molecular weight excluding hydrogens is 439 g/mol. The van der Waals surface area contributed by atoms with E-state index in [2.05, 4.69) is 23.5 Å². The Morgan fingerprint density at radius 2 is 2.06 bits per heavy atom. The summed E-state index contributed by atoms with van der Waals surface area (Å²) in [6.07, 6.45) is 3.84. The fraction of sp³-hybridized carbons (Fsp3) is 0.519. The van der Waals surface area contributed by atoms with Crippen LogP contribution in [0.5, 0.6) is 0 Å². The van der Waals surface area contributed by atoms with Crippen molar-refractivity contribution in [2.24, 2.45) is 0 Å². The summed E-state index contributed by atoms with van der Waals surface area (Å²) in [4.78, 5) is 14.6. The van der Waals surface area contributed by atoms with Crippen molar-refractivity contribution < 1.29 is 13.9 Å². The standard InChI is InChI=1S/C27H34ClFN2O2/c1-26(2,3)33-25(32)31(17-20-7-4-9-21(28)15-20)14-6-8-19-11-12-22-23-10-5-13-27(23,29)18-30-24(22)16-19/h4,7,9,11-12,15-16,23,30H,5-6,8,10,13-14,17-18H2,1-3H3. The predicted molar refractivity (Wildman–Crippen MR) is 132 cm³/mol. The number of nitrogens with zero attached hydrogens (tertiary/aromatic N) is 1. The number of carbonyl (C=O) groups excluding carboxylic acids is 1. The Labute approximate surface area is 201 Å². The monoisotopic (exact) mass is 472 g/mol. The number of alkyl halides is 1. The van der Waals surface area contributed by atoms with Gasteiger partial charge in [-0.05, 0) is 87.8 Å². The van der Waals surface area contributed by atoms with E-state index in [0.717, 1.165) is 42.5 Å². The third-order valence-electron chi connectivity index (χ3n) is 6.58. The summed E-state index contributed by atoms with van der Waals surface area (Å²) in [5.74, 6) is 0.0168. The molecule has 1 amide bonds. The van der Waals surface area contributed by atoms with Crippen LogP contribution in [-0.4, -0.2) is 35.4 Å². The Morgan fingerprint density at radius 1 is 1.24 bits per heavy atom. The summed E-state index contributed by atoms with van der Waals surface area (Å²) >= 11 is 6.13. The van der Waals surface area contributed by atoms with E-state index >= 15 is 4.39 Å². The highest BCUT2D eigenvalue weighted by molar-refractivity contribution is 6.30. The van der Waals surface area contributed by atoms with Crippen LogP contribution >= 0.6 is 11.6 Å². The molecule has 4 nitrogen and oxygen atoms in total. The van der Waals surface area contributed by atoms with Crippen molar-refractivity contribution in [3.05, 3.63) is 64.2 Å². The minimum Gasteiger partial charge on any atom is -0.444 e. The van der Waals surface area contributed by atoms with Crippen LogP contribution in [0.25, 0.3) is 0 Å². The van der Waals surface area contributed by atoms with E-state index in [4.69, 9.17) is 16.3 Å². The van der Waals surface area contributed by atoms with Gasteiger partial charge in [-0.2, -0.15) is 0 Å². The second kappa shape index (κ2) is 9.54. The fourth-order valence-corrected chi connectivity index (χ4v) is 5.24. The van der Waals surface area contributed by atoms with Gasteiger partial charge in [0.2, 0.25) is 0 Å². The number of amides is 1. The summed E-state index contributed by atoms with van der Waals surface area (Å²) < 4.78 is 20.7. The highest BCUT2D eigenvalue weighted by Crippen LogP contribution is 2.50. The van der Waals surface area contributed by atoms with Crippen molar-refractivity contribution in [3.63, 3.8) is 0 Å². The van der Waals surface area contributed by atoms with Gasteiger partial charge in [0.05, 0.1) is 0 Å². The normalized spacial score (nSPS) is 21.7. The quantitative estimate of drug-likeness (QED) is 0.487. The van der Waals surface area contributed by atoms with Crippen LogP contribution in [0.1, 0.15) is 69.1 Å². The van der Waals surface area contributed by atoms with Crippen LogP contribution < -0.4 is 5.32 Å². The summed E-state index contributed by atoms with van der Waals surface area (Å²) in [5.41, 5.74) is 2.69. The summed E-state index contributed by atoms with van der Waals surface area (Å²) in [5, 5.41) is 3.97. The first kappa shape index (κ1) is 23.9. The summed E-state index contributed by atoms with van der Waals surface area (Å²) in [6, 6.07) is 13.9. The molecule has 0 radical (unpaired) electrons. The fourth-order valence-electron chi connectivity index (χ4n) is 5.03. The lowest BCUT2D eigenvalue weighted by molar-refractivity contribution is 0.0231. The minimum absolute atomic E-state index is 0.0168. The van der Waals surface area contributed by atoms with Gasteiger partial charge in [-0.3, -0.25) is 0 Å². The molecule has 0 saturated heterocycles. The number of nitrogens with one attached hydrogen (secondary N) is 1. The van der Waals surface area contributed by atoms with Gasteiger partial charge in [0.15, 0.2) is 0 Å². The molecule has 2 aromatic carbocycles. The minimum atomic E-state index is -1.09. The molecule has 1 heterocycles. The number of anilines is 1. The lowest BCUT2D eigenvalue weighted by Crippen LogP contribution is -2.39. The van der Waals surface area contributed by atoms with Gasteiger partial charge in [0.1, 0.15) is 11.3 Å². The lowest BCUT2D eigenvalue weighted by Gasteiger charge is -2.35. The largest absolute Gasteiger partial charge is 0.444 e. The average molecular weight is 473 g/mol. The van der Waals surface area contributed by atoms with Crippen molar-refractivity contribution in [1.82, 2.24) is 4.90 Å². The Morgan fingerprint density at radius 3 is 2.82 bits per heavy atom. The van der Waals surface area contributed by atoms with Crippen LogP contribution in [0.4, 0.5) is 14.9 Å². The molecule has 2 unspecified atom stereocenters. The molecule has 0 spiro atoms. The molecule has 2 aliphatic rings. The molecule has 1 saturated carbocycles. The van der Waals surface area contributed by atoms with Crippen molar-refractivity contribution in [2.75, 3.05) is 18.4 Å². The SMILES string of the molecule is CC(C)(C)OC(=O)N(CCCc1ccc2c(c1)NCC1(F)CCCC21)Cc1cccc(Cl)c1. The Hall–Kier alpha value is -2.27. The summed E-state index contributed by atoms with van der Waals surface area (Å²) in [6.45, 7) is 7.04. The zero-order valence-electron chi connectivity index (χ0n) is 19.8. The van der Waals surface area contributed by atoms with Gasteiger partial charge < -0.3 is 15.0 Å². The lowest BCUT2D eigenvalue weighted by atomic mass is 9.82. The van der Waals surface area contributed by atoms with Crippen LogP contribution in [0.3, 0.4) is 0 Å². The molecule has 0 aromatic heterocycles. The van der Waals surface area contributed by atoms with Crippen molar-refractivity contribution >= 4 is 23.4 Å². The Balaban J connectivity index is 1.41. The third kappa shape index (κ3) is 5.81. The first-order valence-electron chi connectivity index (χ1n) is 11.9. The number of benzene rings is 2. The van der Waals surface area contributed by atoms with Crippen LogP contribution in [-0.2, 0) is 17.7 Å². The van der Waals surface area contributed by atoms with Crippen LogP contribution in [0.2, 0.25) is 5.02 Å². The van der Waals surface area contributed by atoms with E-state index in [1.807, 2.05) is 45.0 Å². The topological polar surface area (TPSA) is 41.6 Å². The van der Waals surface area contributed by atoms with Crippen molar-refractivity contribution in [2.45, 2.75) is 76.6 Å². The van der Waals surface area contributed by atoms with Crippen LogP contribution in [0, 0.1) is 0 Å². The van der Waals surface area contributed by atoms with Gasteiger partial charge in [-0.25, -0.2) is 9.18 Å². The predicted octanol–water partition coefficient (Wildman–Crippen LogP) is 7.11. The van der Waals surface area contributed by atoms with Gasteiger partial charge in [-0.15, -0.1) is 0 Å². The maximum atomic E-state index is 15.1. The van der Waals surface area contributed by atoms with Crippen molar-refractivity contribution in [3.8, 4) is 0 Å². The third-order valence-corrected chi connectivity index (χ3v) is 6.82. The Kier molecular flexibility index (Phi) is 6.90. The molecule has 0 bridgehead atoms. The van der Waals surface area contributed by atoms with E-state index in [9.17, 15) is 4.79 Å². The van der Waals surface area contributed by atoms with E-state index in [1.54, 1.807) is 4.90 Å². The van der Waals surface area contributed by atoms with E-state index in [1.165, 1.54) is 5.56 Å².